The molecule has 2 amide bonds. The van der Waals surface area contributed by atoms with E-state index in [1.54, 1.807) is 0 Å². The Morgan fingerprint density at radius 1 is 1.00 bits per heavy atom. The van der Waals surface area contributed by atoms with E-state index in [0.29, 0.717) is 12.8 Å². The molecule has 0 spiro atoms. The summed E-state index contributed by atoms with van der Waals surface area (Å²) in [4.78, 5) is 22.1. The molecule has 0 aliphatic heterocycles. The van der Waals surface area contributed by atoms with Crippen LogP contribution in [-0.2, 0) is 9.47 Å². The van der Waals surface area contributed by atoms with E-state index in [0.717, 1.165) is 12.8 Å². The Bertz CT molecular complexity index is 197. The molecule has 16 heavy (non-hydrogen) atoms. The number of nitrogens with zero attached hydrogens (tertiary/aromatic N) is 1. The molecule has 94 valence electrons. The fourth-order valence-corrected chi connectivity index (χ4v) is 0.804. The maximum atomic E-state index is 11.0. The average Bonchev–Trinajstić information content (AvgIpc) is 2.28. The molecular weight excluding hydrogens is 214 g/mol. The second-order valence-corrected chi connectivity index (χ2v) is 3.25. The van der Waals surface area contributed by atoms with E-state index in [1.165, 1.54) is 0 Å². The molecule has 0 radical (unpaired) electrons. The highest BCUT2D eigenvalue weighted by molar-refractivity contribution is 5.85. The van der Waals surface area contributed by atoms with Crippen molar-refractivity contribution in [2.45, 2.75) is 39.5 Å². The van der Waals surface area contributed by atoms with E-state index in [4.69, 9.17) is 5.21 Å². The van der Waals surface area contributed by atoms with Gasteiger partial charge < -0.3 is 9.47 Å². The van der Waals surface area contributed by atoms with Gasteiger partial charge in [-0.1, -0.05) is 31.8 Å². The molecule has 0 aromatic rings. The molecule has 0 aromatic carbocycles. The molecule has 0 aromatic heterocycles. The summed E-state index contributed by atoms with van der Waals surface area (Å²) in [5.41, 5.74) is 0. The van der Waals surface area contributed by atoms with Crippen LogP contribution in [0.15, 0.2) is 0 Å². The maximum absolute atomic E-state index is 11.0. The highest BCUT2D eigenvalue weighted by atomic mass is 16.7. The smallest absolute Gasteiger partial charge is 0.444 e. The first-order valence-corrected chi connectivity index (χ1v) is 5.46. The lowest BCUT2D eigenvalue weighted by Crippen LogP contribution is -2.35. The molecule has 0 rings (SSSR count). The van der Waals surface area contributed by atoms with Gasteiger partial charge in [0.1, 0.15) is 0 Å². The summed E-state index contributed by atoms with van der Waals surface area (Å²) in [6, 6.07) is 0. The standard InChI is InChI=1S/C10H19NO5/c1-3-5-7-15-9(12)11(14)10(13)16-8-6-4-2/h14H,3-8H2,1-2H3. The van der Waals surface area contributed by atoms with Crippen LogP contribution in [0.4, 0.5) is 9.59 Å². The zero-order chi connectivity index (χ0) is 12.4. The van der Waals surface area contributed by atoms with Crippen LogP contribution < -0.4 is 0 Å². The van der Waals surface area contributed by atoms with Crippen molar-refractivity contribution in [2.75, 3.05) is 13.2 Å². The van der Waals surface area contributed by atoms with Crippen molar-refractivity contribution in [3.8, 4) is 0 Å². The van der Waals surface area contributed by atoms with Crippen molar-refractivity contribution in [1.29, 1.82) is 0 Å². The van der Waals surface area contributed by atoms with Gasteiger partial charge in [-0.2, -0.15) is 0 Å². The number of unbranched alkanes of at least 4 members (excludes halogenated alkanes) is 2. The predicted octanol–water partition coefficient (Wildman–Crippen LogP) is 2.55. The Hall–Kier alpha value is -1.30. The van der Waals surface area contributed by atoms with Crippen molar-refractivity contribution in [3.63, 3.8) is 0 Å². The Morgan fingerprint density at radius 2 is 1.38 bits per heavy atom. The Morgan fingerprint density at radius 3 is 1.69 bits per heavy atom. The average molecular weight is 233 g/mol. The number of hydroxylamine groups is 2. The fourth-order valence-electron chi connectivity index (χ4n) is 0.804. The van der Waals surface area contributed by atoms with Crippen LogP contribution in [0.5, 0.6) is 0 Å². The third-order valence-electron chi connectivity index (χ3n) is 1.79. The molecule has 6 nitrogen and oxygen atoms in total. The predicted molar refractivity (Wildman–Crippen MR) is 56.1 cm³/mol. The topological polar surface area (TPSA) is 76.1 Å². The quantitative estimate of drug-likeness (QED) is 0.433. The largest absolute Gasteiger partial charge is 0.448 e. The highest BCUT2D eigenvalue weighted by Crippen LogP contribution is 1.98. The van der Waals surface area contributed by atoms with Crippen molar-refractivity contribution in [1.82, 2.24) is 5.06 Å². The number of carbonyl (C=O) groups excluding carboxylic acids is 2. The summed E-state index contributed by atoms with van der Waals surface area (Å²) < 4.78 is 9.22. The van der Waals surface area contributed by atoms with Crippen molar-refractivity contribution >= 4 is 12.2 Å². The monoisotopic (exact) mass is 233 g/mol. The first-order chi connectivity index (χ1) is 7.63. The van der Waals surface area contributed by atoms with Crippen LogP contribution in [0.1, 0.15) is 39.5 Å². The molecule has 0 unspecified atom stereocenters. The van der Waals surface area contributed by atoms with Crippen LogP contribution in [0.3, 0.4) is 0 Å². The lowest BCUT2D eigenvalue weighted by molar-refractivity contribution is -0.0626. The molecule has 0 aliphatic rings. The van der Waals surface area contributed by atoms with Crippen LogP contribution >= 0.6 is 0 Å². The third kappa shape index (κ3) is 6.23. The van der Waals surface area contributed by atoms with E-state index in [2.05, 4.69) is 9.47 Å². The van der Waals surface area contributed by atoms with E-state index in [-0.39, 0.29) is 18.3 Å². The Balaban J connectivity index is 3.78. The molecular formula is C10H19NO5. The summed E-state index contributed by atoms with van der Waals surface area (Å²) in [6.45, 7) is 4.22. The van der Waals surface area contributed by atoms with Crippen molar-refractivity contribution in [2.24, 2.45) is 0 Å². The third-order valence-corrected chi connectivity index (χ3v) is 1.79. The van der Waals surface area contributed by atoms with Gasteiger partial charge in [0.25, 0.3) is 0 Å². The maximum Gasteiger partial charge on any atom is 0.444 e. The molecule has 0 saturated heterocycles. The summed E-state index contributed by atoms with van der Waals surface area (Å²) in [6.07, 6.45) is 0.888. The summed E-state index contributed by atoms with van der Waals surface area (Å²) in [5.74, 6) is 0. The molecule has 6 heteroatoms. The summed E-state index contributed by atoms with van der Waals surface area (Å²) in [7, 11) is 0. The van der Waals surface area contributed by atoms with Crippen LogP contribution in [0.2, 0.25) is 0 Å². The lowest BCUT2D eigenvalue weighted by atomic mass is 10.4. The van der Waals surface area contributed by atoms with Crippen molar-refractivity contribution in [3.05, 3.63) is 0 Å². The second kappa shape index (κ2) is 8.96. The normalized spacial score (nSPS) is 9.69. The van der Waals surface area contributed by atoms with E-state index in [1.807, 2.05) is 13.8 Å². The minimum absolute atomic E-state index is 0.147. The Labute approximate surface area is 95.1 Å². The number of imide groups is 1. The van der Waals surface area contributed by atoms with Gasteiger partial charge >= 0.3 is 12.2 Å². The first kappa shape index (κ1) is 14.7. The number of carbonyl (C=O) groups is 2. The Kier molecular flexibility index (Phi) is 8.24. The van der Waals surface area contributed by atoms with Gasteiger partial charge in [-0.3, -0.25) is 5.21 Å². The molecule has 0 heterocycles. The zero-order valence-corrected chi connectivity index (χ0v) is 9.77. The molecule has 0 fully saturated rings. The summed E-state index contributed by atoms with van der Waals surface area (Å²) in [5, 5.41) is 8.92. The van der Waals surface area contributed by atoms with E-state index >= 15 is 0 Å². The van der Waals surface area contributed by atoms with Gasteiger partial charge in [0.2, 0.25) is 0 Å². The SMILES string of the molecule is CCCCOC(=O)N(O)C(=O)OCCCC. The molecule has 0 bridgehead atoms. The minimum atomic E-state index is -1.10. The molecule has 1 N–H and O–H groups in total. The highest BCUT2D eigenvalue weighted by Gasteiger charge is 2.22. The van der Waals surface area contributed by atoms with E-state index in [9.17, 15) is 9.59 Å². The molecule has 0 aliphatic carbocycles. The van der Waals surface area contributed by atoms with Crippen LogP contribution in [0, 0.1) is 0 Å². The number of hydrogen-bond acceptors (Lipinski definition) is 5. The van der Waals surface area contributed by atoms with Crippen molar-refractivity contribution < 1.29 is 24.3 Å². The molecule has 0 atom stereocenters. The molecule has 0 saturated carbocycles. The van der Waals surface area contributed by atoms with Gasteiger partial charge in [-0.15, -0.1) is 0 Å². The van der Waals surface area contributed by atoms with Crippen LogP contribution in [0.25, 0.3) is 0 Å². The number of ether oxygens (including phenoxy) is 2. The van der Waals surface area contributed by atoms with Gasteiger partial charge in [0.15, 0.2) is 0 Å². The number of amides is 2. The lowest BCUT2D eigenvalue weighted by Gasteiger charge is -2.12. The minimum Gasteiger partial charge on any atom is -0.448 e. The van der Waals surface area contributed by atoms with Gasteiger partial charge in [0, 0.05) is 0 Å². The van der Waals surface area contributed by atoms with Gasteiger partial charge in [-0.05, 0) is 12.8 Å². The van der Waals surface area contributed by atoms with Gasteiger partial charge in [0.05, 0.1) is 13.2 Å². The van der Waals surface area contributed by atoms with Gasteiger partial charge in [-0.25, -0.2) is 9.59 Å². The van der Waals surface area contributed by atoms with E-state index < -0.39 is 12.2 Å². The second-order valence-electron chi connectivity index (χ2n) is 3.25. The summed E-state index contributed by atoms with van der Waals surface area (Å²) >= 11 is 0. The van der Waals surface area contributed by atoms with Crippen LogP contribution in [-0.4, -0.2) is 35.7 Å². The fraction of sp³-hybridized carbons (Fsp3) is 0.800. The number of rotatable bonds is 6. The number of hydrogen-bond donors (Lipinski definition) is 1. The first-order valence-electron chi connectivity index (χ1n) is 5.46. The zero-order valence-electron chi connectivity index (χ0n) is 9.77.